The minimum Gasteiger partial charge on any atom is -0.506 e. The molecule has 18 heavy (non-hydrogen) atoms. The highest BCUT2D eigenvalue weighted by molar-refractivity contribution is 6.32. The van der Waals surface area contributed by atoms with Gasteiger partial charge in [-0.25, -0.2) is 0 Å². The molecular formula is C13H19ClN2O2. The lowest BCUT2D eigenvalue weighted by Crippen LogP contribution is -2.34. The molecule has 0 saturated heterocycles. The molecule has 0 aliphatic rings. The lowest BCUT2D eigenvalue weighted by Gasteiger charge is -2.17. The number of amides is 1. The second-order valence-corrected chi connectivity index (χ2v) is 4.36. The Morgan fingerprint density at radius 1 is 1.39 bits per heavy atom. The van der Waals surface area contributed by atoms with Crippen molar-refractivity contribution in [1.29, 1.82) is 0 Å². The highest BCUT2D eigenvalue weighted by atomic mass is 35.5. The number of likely N-dealkylation sites (N-methyl/N-ethyl adjacent to an activating group) is 1. The first-order chi connectivity index (χ1) is 8.58. The van der Waals surface area contributed by atoms with Crippen molar-refractivity contribution in [1.82, 2.24) is 10.2 Å². The van der Waals surface area contributed by atoms with Gasteiger partial charge in [0.1, 0.15) is 5.75 Å². The summed E-state index contributed by atoms with van der Waals surface area (Å²) in [5.74, 6) is -0.194. The maximum atomic E-state index is 11.8. The normalized spacial score (nSPS) is 10.7. The van der Waals surface area contributed by atoms with Crippen LogP contribution in [0.2, 0.25) is 5.02 Å². The summed E-state index contributed by atoms with van der Waals surface area (Å²) in [6.45, 7) is 7.54. The number of benzene rings is 1. The first-order valence-corrected chi connectivity index (χ1v) is 6.45. The van der Waals surface area contributed by atoms with Gasteiger partial charge in [-0.15, -0.1) is 0 Å². The average molecular weight is 271 g/mol. The first-order valence-electron chi connectivity index (χ1n) is 6.07. The van der Waals surface area contributed by atoms with E-state index in [2.05, 4.69) is 24.1 Å². The molecule has 1 aromatic rings. The number of carbonyl (C=O) groups excluding carboxylic acids is 1. The van der Waals surface area contributed by atoms with Gasteiger partial charge < -0.3 is 15.3 Å². The summed E-state index contributed by atoms with van der Waals surface area (Å²) in [6.07, 6.45) is 0. The molecule has 1 rings (SSSR count). The fourth-order valence-corrected chi connectivity index (χ4v) is 1.80. The van der Waals surface area contributed by atoms with Gasteiger partial charge in [0, 0.05) is 18.7 Å². The lowest BCUT2D eigenvalue weighted by molar-refractivity contribution is 0.0949. The minimum absolute atomic E-state index is 0.0173. The molecule has 0 atom stereocenters. The standard InChI is InChI=1S/C13H19ClN2O2/c1-3-16(4-2)8-7-15-13(18)10-5-6-12(17)11(14)9-10/h5-6,9,17H,3-4,7-8H2,1-2H3,(H,15,18). The monoisotopic (exact) mass is 270 g/mol. The molecule has 0 unspecified atom stereocenters. The number of hydrogen-bond acceptors (Lipinski definition) is 3. The molecule has 0 aliphatic heterocycles. The van der Waals surface area contributed by atoms with E-state index in [9.17, 15) is 9.90 Å². The van der Waals surface area contributed by atoms with E-state index < -0.39 is 0 Å². The third-order valence-electron chi connectivity index (χ3n) is 2.82. The summed E-state index contributed by atoms with van der Waals surface area (Å²) in [6, 6.07) is 4.43. The zero-order chi connectivity index (χ0) is 13.5. The molecule has 0 radical (unpaired) electrons. The predicted octanol–water partition coefficient (Wildman–Crippen LogP) is 2.12. The number of phenols is 1. The Labute approximate surface area is 113 Å². The Hall–Kier alpha value is -1.26. The summed E-state index contributed by atoms with van der Waals surface area (Å²) < 4.78 is 0. The van der Waals surface area contributed by atoms with Crippen molar-refractivity contribution in [3.8, 4) is 5.75 Å². The van der Waals surface area contributed by atoms with Crippen LogP contribution in [0.15, 0.2) is 18.2 Å². The van der Waals surface area contributed by atoms with Crippen LogP contribution in [0.1, 0.15) is 24.2 Å². The molecule has 0 heterocycles. The van der Waals surface area contributed by atoms with Crippen LogP contribution in [0.4, 0.5) is 0 Å². The number of phenolic OH excluding ortho intramolecular Hbond substituents is 1. The zero-order valence-electron chi connectivity index (χ0n) is 10.7. The molecule has 0 fully saturated rings. The van der Waals surface area contributed by atoms with Gasteiger partial charge in [-0.05, 0) is 31.3 Å². The van der Waals surface area contributed by atoms with Crippen LogP contribution in [0.3, 0.4) is 0 Å². The van der Waals surface area contributed by atoms with E-state index in [0.29, 0.717) is 12.1 Å². The van der Waals surface area contributed by atoms with E-state index in [1.54, 1.807) is 6.07 Å². The number of hydrogen-bond donors (Lipinski definition) is 2. The quantitative estimate of drug-likeness (QED) is 0.833. The topological polar surface area (TPSA) is 52.6 Å². The van der Waals surface area contributed by atoms with Crippen LogP contribution in [0, 0.1) is 0 Å². The Kier molecular flexibility index (Phi) is 5.95. The molecule has 5 heteroatoms. The van der Waals surface area contributed by atoms with E-state index in [0.717, 1.165) is 19.6 Å². The number of nitrogens with zero attached hydrogens (tertiary/aromatic N) is 1. The third-order valence-corrected chi connectivity index (χ3v) is 3.12. The van der Waals surface area contributed by atoms with Crippen LogP contribution < -0.4 is 5.32 Å². The third kappa shape index (κ3) is 4.20. The summed E-state index contributed by atoms with van der Waals surface area (Å²) >= 11 is 5.75. The minimum atomic E-state index is -0.177. The van der Waals surface area contributed by atoms with Gasteiger partial charge in [-0.1, -0.05) is 25.4 Å². The Bertz CT molecular complexity index is 406. The van der Waals surface area contributed by atoms with Gasteiger partial charge in [-0.3, -0.25) is 4.79 Å². The van der Waals surface area contributed by atoms with Crippen LogP contribution in [-0.4, -0.2) is 42.1 Å². The molecule has 100 valence electrons. The van der Waals surface area contributed by atoms with E-state index in [-0.39, 0.29) is 16.7 Å². The SMILES string of the molecule is CCN(CC)CCNC(=O)c1ccc(O)c(Cl)c1. The molecule has 0 aliphatic carbocycles. The predicted molar refractivity (Wildman–Crippen MR) is 73.2 cm³/mol. The van der Waals surface area contributed by atoms with Crippen molar-refractivity contribution >= 4 is 17.5 Å². The van der Waals surface area contributed by atoms with Crippen LogP contribution in [0.25, 0.3) is 0 Å². The maximum absolute atomic E-state index is 11.8. The zero-order valence-corrected chi connectivity index (χ0v) is 11.5. The molecule has 0 spiro atoms. The molecular weight excluding hydrogens is 252 g/mol. The highest BCUT2D eigenvalue weighted by Crippen LogP contribution is 2.23. The van der Waals surface area contributed by atoms with E-state index in [4.69, 9.17) is 11.6 Å². The molecule has 0 saturated carbocycles. The van der Waals surface area contributed by atoms with Gasteiger partial charge in [0.25, 0.3) is 5.91 Å². The van der Waals surface area contributed by atoms with Crippen LogP contribution >= 0.6 is 11.6 Å². The summed E-state index contributed by atoms with van der Waals surface area (Å²) in [5, 5.41) is 12.3. The van der Waals surface area contributed by atoms with Gasteiger partial charge in [0.15, 0.2) is 0 Å². The van der Waals surface area contributed by atoms with Crippen molar-refractivity contribution in [3.05, 3.63) is 28.8 Å². The average Bonchev–Trinajstić information content (AvgIpc) is 2.37. The number of carbonyl (C=O) groups is 1. The number of halogens is 1. The van der Waals surface area contributed by atoms with E-state index >= 15 is 0 Å². The summed E-state index contributed by atoms with van der Waals surface area (Å²) in [7, 11) is 0. The van der Waals surface area contributed by atoms with Crippen molar-refractivity contribution in [3.63, 3.8) is 0 Å². The fourth-order valence-electron chi connectivity index (χ4n) is 1.62. The molecule has 0 bridgehead atoms. The molecule has 0 aromatic heterocycles. The molecule has 2 N–H and O–H groups in total. The molecule has 1 aromatic carbocycles. The Morgan fingerprint density at radius 3 is 2.61 bits per heavy atom. The lowest BCUT2D eigenvalue weighted by atomic mass is 10.2. The maximum Gasteiger partial charge on any atom is 0.251 e. The Balaban J connectivity index is 2.48. The number of rotatable bonds is 6. The van der Waals surface area contributed by atoms with Gasteiger partial charge in [0.05, 0.1) is 5.02 Å². The second kappa shape index (κ2) is 7.24. The van der Waals surface area contributed by atoms with E-state index in [1.165, 1.54) is 12.1 Å². The van der Waals surface area contributed by atoms with Gasteiger partial charge >= 0.3 is 0 Å². The van der Waals surface area contributed by atoms with Gasteiger partial charge in [-0.2, -0.15) is 0 Å². The van der Waals surface area contributed by atoms with Gasteiger partial charge in [0.2, 0.25) is 0 Å². The largest absolute Gasteiger partial charge is 0.506 e. The van der Waals surface area contributed by atoms with E-state index in [1.807, 2.05) is 0 Å². The first kappa shape index (κ1) is 14.8. The highest BCUT2D eigenvalue weighted by Gasteiger charge is 2.08. The number of nitrogens with one attached hydrogen (secondary N) is 1. The van der Waals surface area contributed by atoms with Crippen molar-refractivity contribution in [2.24, 2.45) is 0 Å². The van der Waals surface area contributed by atoms with Crippen LogP contribution in [0.5, 0.6) is 5.75 Å². The van der Waals surface area contributed by atoms with Crippen molar-refractivity contribution in [2.45, 2.75) is 13.8 Å². The fraction of sp³-hybridized carbons (Fsp3) is 0.462. The number of aromatic hydroxyl groups is 1. The molecule has 4 nitrogen and oxygen atoms in total. The summed E-state index contributed by atoms with van der Waals surface area (Å²) in [5.41, 5.74) is 0.456. The van der Waals surface area contributed by atoms with Crippen LogP contribution in [-0.2, 0) is 0 Å². The molecule has 1 amide bonds. The Morgan fingerprint density at radius 2 is 2.06 bits per heavy atom. The van der Waals surface area contributed by atoms with Crippen molar-refractivity contribution < 1.29 is 9.90 Å². The smallest absolute Gasteiger partial charge is 0.251 e. The second-order valence-electron chi connectivity index (χ2n) is 3.95. The summed E-state index contributed by atoms with van der Waals surface area (Å²) in [4.78, 5) is 14.0. The van der Waals surface area contributed by atoms with Crippen molar-refractivity contribution in [2.75, 3.05) is 26.2 Å².